The fourth-order valence-corrected chi connectivity index (χ4v) is 5.38. The normalized spacial score (nSPS) is 11.3. The number of unbranched alkanes of at least 4 members (excludes halogenated alkanes) is 1. The van der Waals surface area contributed by atoms with Crippen molar-refractivity contribution in [1.29, 1.82) is 0 Å². The Hall–Kier alpha value is -5.74. The molecule has 10 heteroatoms. The summed E-state index contributed by atoms with van der Waals surface area (Å²) in [5, 5.41) is 0. The molecule has 0 bridgehead atoms. The summed E-state index contributed by atoms with van der Waals surface area (Å²) in [5.41, 5.74) is 2.70. The summed E-state index contributed by atoms with van der Waals surface area (Å²) in [5.74, 6) is -0.644. The van der Waals surface area contributed by atoms with Crippen LogP contribution in [0.25, 0.3) is 12.2 Å². The van der Waals surface area contributed by atoms with Crippen molar-refractivity contribution >= 4 is 39.9 Å². The van der Waals surface area contributed by atoms with E-state index in [1.165, 1.54) is 60.7 Å². The van der Waals surface area contributed by atoms with E-state index in [1.54, 1.807) is 36.4 Å². The SMILES string of the molecule is C=CC(=O)OCCCCOc1ccc(/C=C/C(=O)Oc2ccc(S(=O)(=O)c3ccc(OC(=O)/C=C/c4ccc(C)cc4)cc3)cc2)cc1. The fourth-order valence-electron chi connectivity index (χ4n) is 4.12. The van der Waals surface area contributed by atoms with Gasteiger partial charge in [-0.1, -0.05) is 48.5 Å². The van der Waals surface area contributed by atoms with E-state index >= 15 is 0 Å². The Morgan fingerprint density at radius 1 is 0.604 bits per heavy atom. The maximum absolute atomic E-state index is 13.1. The van der Waals surface area contributed by atoms with Crippen molar-refractivity contribution in [2.45, 2.75) is 29.6 Å². The zero-order valence-corrected chi connectivity index (χ0v) is 27.1. The summed E-state index contributed by atoms with van der Waals surface area (Å²) in [7, 11) is -3.88. The van der Waals surface area contributed by atoms with Gasteiger partial charge in [-0.05, 0) is 104 Å². The molecule has 4 aromatic rings. The summed E-state index contributed by atoms with van der Waals surface area (Å²) in [6, 6.07) is 25.7. The van der Waals surface area contributed by atoms with Crippen molar-refractivity contribution in [1.82, 2.24) is 0 Å². The molecule has 0 unspecified atom stereocenters. The molecule has 0 fully saturated rings. The topological polar surface area (TPSA) is 122 Å². The van der Waals surface area contributed by atoms with Crippen molar-refractivity contribution in [3.8, 4) is 17.2 Å². The highest BCUT2D eigenvalue weighted by molar-refractivity contribution is 7.91. The van der Waals surface area contributed by atoms with Gasteiger partial charge in [0.1, 0.15) is 17.2 Å². The Labute approximate surface area is 279 Å². The predicted molar refractivity (Wildman–Crippen MR) is 181 cm³/mol. The summed E-state index contributed by atoms with van der Waals surface area (Å²) in [6.07, 6.45) is 8.28. The maximum Gasteiger partial charge on any atom is 0.336 e. The quantitative estimate of drug-likeness (QED) is 0.0574. The van der Waals surface area contributed by atoms with Crippen molar-refractivity contribution in [2.24, 2.45) is 0 Å². The average molecular weight is 667 g/mol. The third-order valence-electron chi connectivity index (χ3n) is 6.70. The first kappa shape index (κ1) is 35.1. The highest BCUT2D eigenvalue weighted by Crippen LogP contribution is 2.25. The molecule has 246 valence electrons. The van der Waals surface area contributed by atoms with Gasteiger partial charge < -0.3 is 18.9 Å². The smallest absolute Gasteiger partial charge is 0.336 e. The van der Waals surface area contributed by atoms with Crippen LogP contribution in [0, 0.1) is 6.92 Å². The minimum atomic E-state index is -3.88. The molecule has 0 radical (unpaired) electrons. The van der Waals surface area contributed by atoms with Gasteiger partial charge >= 0.3 is 17.9 Å². The van der Waals surface area contributed by atoms with Gasteiger partial charge in [0.25, 0.3) is 0 Å². The molecule has 0 aliphatic heterocycles. The molecule has 0 amide bonds. The standard InChI is InChI=1S/C38H34O9S/c1-3-36(39)45-27-5-4-26-44-31-14-10-30(11-15-31)13-25-38(41)47-33-18-22-35(23-19-33)48(42,43)34-20-16-32(17-21-34)46-37(40)24-12-29-8-6-28(2)7-9-29/h3,6-25H,1,4-5,26-27H2,2H3/b24-12+,25-13+. The largest absolute Gasteiger partial charge is 0.494 e. The lowest BCUT2D eigenvalue weighted by Gasteiger charge is -2.07. The Kier molecular flexibility index (Phi) is 12.6. The van der Waals surface area contributed by atoms with Gasteiger partial charge in [-0.15, -0.1) is 0 Å². The second-order valence-electron chi connectivity index (χ2n) is 10.4. The van der Waals surface area contributed by atoms with Crippen LogP contribution >= 0.6 is 0 Å². The van der Waals surface area contributed by atoms with Gasteiger partial charge in [-0.25, -0.2) is 22.8 Å². The second-order valence-corrected chi connectivity index (χ2v) is 12.3. The third kappa shape index (κ3) is 11.0. The average Bonchev–Trinajstić information content (AvgIpc) is 3.09. The van der Waals surface area contributed by atoms with E-state index in [9.17, 15) is 22.8 Å². The van der Waals surface area contributed by atoms with Crippen molar-refractivity contribution in [2.75, 3.05) is 13.2 Å². The van der Waals surface area contributed by atoms with Crippen molar-refractivity contribution < 1.29 is 41.7 Å². The van der Waals surface area contributed by atoms with Crippen molar-refractivity contribution in [3.63, 3.8) is 0 Å². The van der Waals surface area contributed by atoms with Crippen molar-refractivity contribution in [3.05, 3.63) is 139 Å². The van der Waals surface area contributed by atoms with Gasteiger partial charge in [0.2, 0.25) is 9.84 Å². The number of carbonyl (C=O) groups is 3. The number of hydrogen-bond donors (Lipinski definition) is 0. The molecule has 0 spiro atoms. The van der Waals surface area contributed by atoms with Gasteiger partial charge in [0.05, 0.1) is 23.0 Å². The lowest BCUT2D eigenvalue weighted by Crippen LogP contribution is -2.06. The third-order valence-corrected chi connectivity index (χ3v) is 8.49. The minimum absolute atomic E-state index is 0.00190. The molecule has 4 aromatic carbocycles. The number of rotatable bonds is 15. The molecule has 48 heavy (non-hydrogen) atoms. The van der Waals surface area contributed by atoms with Crippen LogP contribution in [0.5, 0.6) is 17.2 Å². The van der Waals surface area contributed by atoms with E-state index in [0.29, 0.717) is 31.8 Å². The molecule has 0 aliphatic rings. The summed E-state index contributed by atoms with van der Waals surface area (Å²) in [4.78, 5) is 35.6. The van der Waals surface area contributed by atoms with Gasteiger partial charge in [0, 0.05) is 18.2 Å². The second kappa shape index (κ2) is 17.3. The van der Waals surface area contributed by atoms with Crippen LogP contribution in [-0.4, -0.2) is 39.5 Å². The maximum atomic E-state index is 13.1. The molecule has 0 aliphatic carbocycles. The van der Waals surface area contributed by atoms with Crippen LogP contribution in [0.15, 0.2) is 132 Å². The number of hydrogen-bond acceptors (Lipinski definition) is 9. The van der Waals surface area contributed by atoms with Crippen LogP contribution in [0.3, 0.4) is 0 Å². The van der Waals surface area contributed by atoms with Crippen LogP contribution in [0.2, 0.25) is 0 Å². The Morgan fingerprint density at radius 3 is 1.52 bits per heavy atom. The molecular formula is C38H34O9S. The number of ether oxygens (including phenoxy) is 4. The zero-order valence-electron chi connectivity index (χ0n) is 26.2. The van der Waals surface area contributed by atoms with Crippen LogP contribution < -0.4 is 14.2 Å². The summed E-state index contributed by atoms with van der Waals surface area (Å²) in [6.45, 7) is 6.08. The zero-order chi connectivity index (χ0) is 34.4. The molecule has 0 heterocycles. The minimum Gasteiger partial charge on any atom is -0.494 e. The van der Waals surface area contributed by atoms with E-state index in [-0.39, 0.29) is 21.3 Å². The predicted octanol–water partition coefficient (Wildman–Crippen LogP) is 6.95. The molecule has 4 rings (SSSR count). The fraction of sp³-hybridized carbons (Fsp3) is 0.132. The monoisotopic (exact) mass is 666 g/mol. The first-order chi connectivity index (χ1) is 23.1. The Morgan fingerprint density at radius 2 is 1.04 bits per heavy atom. The first-order valence-corrected chi connectivity index (χ1v) is 16.4. The van der Waals surface area contributed by atoms with E-state index in [0.717, 1.165) is 22.8 Å². The van der Waals surface area contributed by atoms with E-state index in [4.69, 9.17) is 18.9 Å². The molecule has 0 saturated carbocycles. The Bertz CT molecular complexity index is 1870. The van der Waals surface area contributed by atoms with E-state index < -0.39 is 27.7 Å². The highest BCUT2D eigenvalue weighted by Gasteiger charge is 2.18. The van der Waals surface area contributed by atoms with Crippen LogP contribution in [-0.2, 0) is 29.0 Å². The molecule has 0 atom stereocenters. The highest BCUT2D eigenvalue weighted by atomic mass is 32.2. The number of carbonyl (C=O) groups excluding carboxylic acids is 3. The molecule has 9 nitrogen and oxygen atoms in total. The van der Waals surface area contributed by atoms with Crippen LogP contribution in [0.1, 0.15) is 29.5 Å². The lowest BCUT2D eigenvalue weighted by atomic mass is 10.1. The van der Waals surface area contributed by atoms with Gasteiger partial charge in [-0.3, -0.25) is 0 Å². The summed E-state index contributed by atoms with van der Waals surface area (Å²) >= 11 is 0. The number of esters is 3. The van der Waals surface area contributed by atoms with E-state index in [1.807, 2.05) is 31.2 Å². The van der Waals surface area contributed by atoms with E-state index in [2.05, 4.69) is 6.58 Å². The number of aryl methyl sites for hydroxylation is 1. The molecular weight excluding hydrogens is 632 g/mol. The molecule has 0 saturated heterocycles. The van der Waals surface area contributed by atoms with Crippen LogP contribution in [0.4, 0.5) is 0 Å². The van der Waals surface area contributed by atoms with Gasteiger partial charge in [0.15, 0.2) is 0 Å². The number of sulfone groups is 1. The molecule has 0 aromatic heterocycles. The van der Waals surface area contributed by atoms with Gasteiger partial charge in [-0.2, -0.15) is 0 Å². The Balaban J connectivity index is 1.24. The first-order valence-electron chi connectivity index (χ1n) is 15.0. The molecule has 0 N–H and O–H groups in total. The summed E-state index contributed by atoms with van der Waals surface area (Å²) < 4.78 is 47.4. The number of benzene rings is 4. The lowest BCUT2D eigenvalue weighted by molar-refractivity contribution is -0.138.